The summed E-state index contributed by atoms with van der Waals surface area (Å²) in [4.78, 5) is 34.2. The molecule has 0 atom stereocenters. The van der Waals surface area contributed by atoms with Gasteiger partial charge in [-0.2, -0.15) is 0 Å². The number of nitrogens with two attached hydrogens (primary N) is 1. The molecule has 0 spiro atoms. The maximum absolute atomic E-state index is 12.7. The van der Waals surface area contributed by atoms with Crippen LogP contribution in [-0.4, -0.2) is 27.5 Å². The lowest BCUT2D eigenvalue weighted by Crippen LogP contribution is -2.15. The molecular formula is C21H20N4O2S2. The molecule has 2 amide bonds. The number of thioether (sulfide) groups is 1. The van der Waals surface area contributed by atoms with E-state index in [2.05, 4.69) is 15.3 Å². The van der Waals surface area contributed by atoms with E-state index < -0.39 is 5.91 Å². The predicted octanol–water partition coefficient (Wildman–Crippen LogP) is 4.07. The highest BCUT2D eigenvalue weighted by molar-refractivity contribution is 8.00. The van der Waals surface area contributed by atoms with E-state index >= 15 is 0 Å². The molecule has 8 heteroatoms. The molecule has 3 N–H and O–H groups in total. The molecule has 0 saturated carbocycles. The number of primary amides is 1. The van der Waals surface area contributed by atoms with E-state index in [9.17, 15) is 9.59 Å². The summed E-state index contributed by atoms with van der Waals surface area (Å²) < 4.78 is 0. The third kappa shape index (κ3) is 6.07. The van der Waals surface area contributed by atoms with Crippen molar-refractivity contribution in [2.75, 3.05) is 11.1 Å². The lowest BCUT2D eigenvalue weighted by Gasteiger charge is -2.10. The molecule has 0 bridgehead atoms. The number of hydrogen-bond acceptors (Lipinski definition) is 6. The van der Waals surface area contributed by atoms with Crippen molar-refractivity contribution in [1.29, 1.82) is 0 Å². The second-order valence-electron chi connectivity index (χ2n) is 6.26. The number of carbonyl (C=O) groups is 2. The first-order valence-electron chi connectivity index (χ1n) is 8.82. The third-order valence-electron chi connectivity index (χ3n) is 3.78. The Morgan fingerprint density at radius 3 is 2.31 bits per heavy atom. The highest BCUT2D eigenvalue weighted by atomic mass is 32.2. The zero-order valence-corrected chi connectivity index (χ0v) is 17.6. The van der Waals surface area contributed by atoms with Gasteiger partial charge in [0.2, 0.25) is 5.91 Å². The molecule has 0 aliphatic carbocycles. The van der Waals surface area contributed by atoms with E-state index in [1.54, 1.807) is 18.2 Å². The summed E-state index contributed by atoms with van der Waals surface area (Å²) in [5.74, 6) is -0.543. The highest BCUT2D eigenvalue weighted by Gasteiger charge is 2.12. The van der Waals surface area contributed by atoms with Gasteiger partial charge in [0.25, 0.3) is 5.91 Å². The molecular weight excluding hydrogens is 404 g/mol. The lowest BCUT2D eigenvalue weighted by molar-refractivity contribution is -0.115. The number of benzene rings is 2. The van der Waals surface area contributed by atoms with Crippen molar-refractivity contribution in [3.8, 4) is 0 Å². The number of carbonyl (C=O) groups excluding carboxylic acids is 2. The van der Waals surface area contributed by atoms with Gasteiger partial charge in [-0.25, -0.2) is 9.97 Å². The molecule has 1 heterocycles. The van der Waals surface area contributed by atoms with E-state index in [0.29, 0.717) is 21.3 Å². The van der Waals surface area contributed by atoms with Gasteiger partial charge in [-0.1, -0.05) is 12.1 Å². The van der Waals surface area contributed by atoms with Crippen LogP contribution < -0.4 is 11.1 Å². The van der Waals surface area contributed by atoms with Crippen molar-refractivity contribution in [1.82, 2.24) is 9.97 Å². The first-order valence-corrected chi connectivity index (χ1v) is 10.6. The average molecular weight is 425 g/mol. The van der Waals surface area contributed by atoms with Gasteiger partial charge in [0.1, 0.15) is 0 Å². The Morgan fingerprint density at radius 2 is 1.66 bits per heavy atom. The van der Waals surface area contributed by atoms with Crippen LogP contribution in [0.5, 0.6) is 0 Å². The standard InChI is InChI=1S/C21H20N4O2S2/c1-13-11-14(2)24-21(23-13)29-16-9-7-15(8-10-16)25-20(27)17-5-3-4-6-18(17)28-12-19(22)26/h3-11H,12H2,1-2H3,(H2,22,26)(H,25,27). The predicted molar refractivity (Wildman–Crippen MR) is 116 cm³/mol. The summed E-state index contributed by atoms with van der Waals surface area (Å²) in [6, 6.07) is 16.6. The van der Waals surface area contributed by atoms with Crippen LogP contribution in [0.2, 0.25) is 0 Å². The third-order valence-corrected chi connectivity index (χ3v) is 5.75. The highest BCUT2D eigenvalue weighted by Crippen LogP contribution is 2.27. The topological polar surface area (TPSA) is 98.0 Å². The minimum Gasteiger partial charge on any atom is -0.369 e. The van der Waals surface area contributed by atoms with E-state index in [4.69, 9.17) is 5.73 Å². The number of aromatic nitrogens is 2. The van der Waals surface area contributed by atoms with E-state index in [0.717, 1.165) is 16.3 Å². The van der Waals surface area contributed by atoms with Crippen LogP contribution in [0.4, 0.5) is 5.69 Å². The normalized spacial score (nSPS) is 10.6. The first-order chi connectivity index (χ1) is 13.9. The zero-order valence-electron chi connectivity index (χ0n) is 16.0. The molecule has 6 nitrogen and oxygen atoms in total. The average Bonchev–Trinajstić information content (AvgIpc) is 2.67. The SMILES string of the molecule is Cc1cc(C)nc(Sc2ccc(NC(=O)c3ccccc3SCC(N)=O)cc2)n1. The van der Waals surface area contributed by atoms with E-state index in [1.165, 1.54) is 23.5 Å². The van der Waals surface area contributed by atoms with Crippen molar-refractivity contribution in [2.24, 2.45) is 5.73 Å². The number of anilines is 1. The first kappa shape index (κ1) is 20.9. The van der Waals surface area contributed by atoms with Crippen LogP contribution in [-0.2, 0) is 4.79 Å². The summed E-state index contributed by atoms with van der Waals surface area (Å²) >= 11 is 2.72. The summed E-state index contributed by atoms with van der Waals surface area (Å²) in [5, 5.41) is 3.58. The molecule has 0 aliphatic rings. The Kier molecular flexibility index (Phi) is 6.90. The summed E-state index contributed by atoms with van der Waals surface area (Å²) in [5.41, 5.74) is 8.24. The number of nitrogens with zero attached hydrogens (tertiary/aromatic N) is 2. The molecule has 3 rings (SSSR count). The fourth-order valence-corrected chi connectivity index (χ4v) is 4.23. The van der Waals surface area contributed by atoms with Crippen molar-refractivity contribution in [2.45, 2.75) is 28.8 Å². The number of nitrogens with one attached hydrogen (secondary N) is 1. The Bertz CT molecular complexity index is 1020. The van der Waals surface area contributed by atoms with Crippen LogP contribution in [0.15, 0.2) is 69.5 Å². The van der Waals surface area contributed by atoms with Gasteiger partial charge >= 0.3 is 0 Å². The van der Waals surface area contributed by atoms with Crippen molar-refractivity contribution < 1.29 is 9.59 Å². The van der Waals surface area contributed by atoms with Crippen LogP contribution in [0, 0.1) is 13.8 Å². The number of amides is 2. The Labute approximate surface area is 177 Å². The monoisotopic (exact) mass is 424 g/mol. The lowest BCUT2D eigenvalue weighted by atomic mass is 10.2. The quantitative estimate of drug-likeness (QED) is 0.438. The Hall–Kier alpha value is -2.84. The van der Waals surface area contributed by atoms with Crippen LogP contribution in [0.1, 0.15) is 21.7 Å². The molecule has 0 unspecified atom stereocenters. The van der Waals surface area contributed by atoms with Gasteiger partial charge in [0.05, 0.1) is 11.3 Å². The smallest absolute Gasteiger partial charge is 0.256 e. The second kappa shape index (κ2) is 9.58. The molecule has 0 fully saturated rings. The molecule has 1 aromatic heterocycles. The second-order valence-corrected chi connectivity index (χ2v) is 8.32. The molecule has 2 aromatic carbocycles. The van der Waals surface area contributed by atoms with Crippen molar-refractivity contribution in [3.05, 3.63) is 71.5 Å². The number of aryl methyl sites for hydroxylation is 2. The maximum atomic E-state index is 12.7. The van der Waals surface area contributed by atoms with Gasteiger partial charge in [-0.05, 0) is 68.1 Å². The molecule has 3 aromatic rings. The molecule has 0 saturated heterocycles. The fourth-order valence-electron chi connectivity index (χ4n) is 2.58. The van der Waals surface area contributed by atoms with Gasteiger partial charge < -0.3 is 11.1 Å². The number of rotatable bonds is 7. The summed E-state index contributed by atoms with van der Waals surface area (Å²) in [7, 11) is 0. The van der Waals surface area contributed by atoms with E-state index in [1.807, 2.05) is 50.2 Å². The van der Waals surface area contributed by atoms with Gasteiger partial charge in [-0.15, -0.1) is 11.8 Å². The van der Waals surface area contributed by atoms with Crippen LogP contribution >= 0.6 is 23.5 Å². The van der Waals surface area contributed by atoms with E-state index in [-0.39, 0.29) is 11.7 Å². The minimum atomic E-state index is -0.425. The Balaban J connectivity index is 1.68. The van der Waals surface area contributed by atoms with Crippen LogP contribution in [0.3, 0.4) is 0 Å². The fraction of sp³-hybridized carbons (Fsp3) is 0.143. The number of hydrogen-bond donors (Lipinski definition) is 2. The Morgan fingerprint density at radius 1 is 1.00 bits per heavy atom. The molecule has 0 aliphatic heterocycles. The zero-order chi connectivity index (χ0) is 20.8. The molecule has 148 valence electrons. The van der Waals surface area contributed by atoms with Gasteiger partial charge in [0, 0.05) is 26.9 Å². The van der Waals surface area contributed by atoms with Crippen molar-refractivity contribution >= 4 is 41.0 Å². The maximum Gasteiger partial charge on any atom is 0.256 e. The molecule has 0 radical (unpaired) electrons. The molecule has 29 heavy (non-hydrogen) atoms. The van der Waals surface area contributed by atoms with Gasteiger partial charge in [-0.3, -0.25) is 9.59 Å². The van der Waals surface area contributed by atoms with Crippen molar-refractivity contribution in [3.63, 3.8) is 0 Å². The largest absolute Gasteiger partial charge is 0.369 e. The summed E-state index contributed by atoms with van der Waals surface area (Å²) in [6.45, 7) is 3.88. The summed E-state index contributed by atoms with van der Waals surface area (Å²) in [6.07, 6.45) is 0. The minimum absolute atomic E-state index is 0.122. The van der Waals surface area contributed by atoms with Crippen LogP contribution in [0.25, 0.3) is 0 Å². The van der Waals surface area contributed by atoms with Gasteiger partial charge in [0.15, 0.2) is 5.16 Å².